The predicted molar refractivity (Wildman–Crippen MR) is 117 cm³/mol. The van der Waals surface area contributed by atoms with Crippen LogP contribution in [0.1, 0.15) is 29.8 Å². The molecule has 8 heteroatoms. The fourth-order valence-electron chi connectivity index (χ4n) is 2.73. The van der Waals surface area contributed by atoms with E-state index in [1.54, 1.807) is 44.2 Å². The average molecular weight is 427 g/mol. The van der Waals surface area contributed by atoms with Gasteiger partial charge >= 0.3 is 0 Å². The molecule has 0 fully saturated rings. The molecule has 0 aliphatic carbocycles. The number of ether oxygens (including phenoxy) is 2. The maximum absolute atomic E-state index is 13.9. The van der Waals surface area contributed by atoms with Crippen molar-refractivity contribution in [3.8, 4) is 11.5 Å². The minimum atomic E-state index is -0.911. The minimum absolute atomic E-state index is 0.134. The highest BCUT2D eigenvalue weighted by Crippen LogP contribution is 2.30. The Labute approximate surface area is 180 Å². The first-order valence-corrected chi connectivity index (χ1v) is 9.68. The van der Waals surface area contributed by atoms with Crippen molar-refractivity contribution in [3.05, 3.63) is 72.1 Å². The van der Waals surface area contributed by atoms with Crippen LogP contribution in [0.3, 0.4) is 0 Å². The van der Waals surface area contributed by atoms with Gasteiger partial charge in [-0.2, -0.15) is 5.10 Å². The Morgan fingerprint density at radius 3 is 2.58 bits per heavy atom. The van der Waals surface area contributed by atoms with E-state index in [-0.39, 0.29) is 18.1 Å². The molecular formula is C23H26FN3O4. The predicted octanol–water partition coefficient (Wildman–Crippen LogP) is 3.30. The lowest BCUT2D eigenvalue weighted by Crippen LogP contribution is -2.48. The van der Waals surface area contributed by atoms with Crippen molar-refractivity contribution in [2.75, 3.05) is 13.7 Å². The van der Waals surface area contributed by atoms with Crippen molar-refractivity contribution in [2.24, 2.45) is 11.0 Å². The fraction of sp³-hybridized carbons (Fsp3) is 0.261. The molecule has 2 aromatic rings. The number of rotatable bonds is 10. The van der Waals surface area contributed by atoms with Crippen molar-refractivity contribution in [1.29, 1.82) is 0 Å². The van der Waals surface area contributed by atoms with Crippen LogP contribution in [0.2, 0.25) is 0 Å². The zero-order valence-corrected chi connectivity index (χ0v) is 17.7. The van der Waals surface area contributed by atoms with E-state index in [4.69, 9.17) is 9.47 Å². The number of methoxy groups -OCH3 is 1. The molecule has 31 heavy (non-hydrogen) atoms. The van der Waals surface area contributed by atoms with E-state index in [1.807, 2.05) is 0 Å². The molecular weight excluding hydrogens is 401 g/mol. The smallest absolute Gasteiger partial charge is 0.262 e. The van der Waals surface area contributed by atoms with Gasteiger partial charge in [0.15, 0.2) is 11.5 Å². The number of hydrogen-bond donors (Lipinski definition) is 2. The first kappa shape index (κ1) is 23.6. The largest absolute Gasteiger partial charge is 0.493 e. The van der Waals surface area contributed by atoms with E-state index in [9.17, 15) is 14.0 Å². The normalized spacial score (nSPS) is 11.8. The Bertz CT molecular complexity index is 960. The van der Waals surface area contributed by atoms with Gasteiger partial charge in [-0.1, -0.05) is 44.7 Å². The first-order valence-electron chi connectivity index (χ1n) is 9.68. The summed E-state index contributed by atoms with van der Waals surface area (Å²) in [5, 5.41) is 6.53. The molecule has 2 amide bonds. The van der Waals surface area contributed by atoms with Crippen molar-refractivity contribution in [2.45, 2.75) is 19.9 Å². The van der Waals surface area contributed by atoms with Gasteiger partial charge in [-0.15, -0.1) is 0 Å². The zero-order chi connectivity index (χ0) is 22.8. The van der Waals surface area contributed by atoms with Crippen LogP contribution in [0.4, 0.5) is 4.39 Å². The topological polar surface area (TPSA) is 89.0 Å². The summed E-state index contributed by atoms with van der Waals surface area (Å²) in [4.78, 5) is 25.0. The quantitative estimate of drug-likeness (QED) is 0.346. The van der Waals surface area contributed by atoms with Gasteiger partial charge in [0, 0.05) is 5.56 Å². The van der Waals surface area contributed by atoms with Crippen molar-refractivity contribution in [3.63, 3.8) is 0 Å². The highest BCUT2D eigenvalue weighted by atomic mass is 19.1. The number of nitrogens with zero attached hydrogens (tertiary/aromatic N) is 1. The maximum atomic E-state index is 13.9. The zero-order valence-electron chi connectivity index (χ0n) is 17.7. The van der Waals surface area contributed by atoms with Gasteiger partial charge in [-0.3, -0.25) is 9.59 Å². The SMILES string of the molecule is C=CCOc1c(/C=N/NC(=O)C(NC(=O)c2ccccc2F)C(C)C)cccc1OC. The summed E-state index contributed by atoms with van der Waals surface area (Å²) in [6.07, 6.45) is 3.01. The summed E-state index contributed by atoms with van der Waals surface area (Å²) in [5.74, 6) is -1.16. The molecule has 0 bridgehead atoms. The maximum Gasteiger partial charge on any atom is 0.262 e. The molecule has 1 unspecified atom stereocenters. The summed E-state index contributed by atoms with van der Waals surface area (Å²) in [6.45, 7) is 7.41. The van der Waals surface area contributed by atoms with E-state index in [1.165, 1.54) is 31.5 Å². The van der Waals surface area contributed by atoms with Crippen LogP contribution in [0.25, 0.3) is 0 Å². The number of hydrazone groups is 1. The van der Waals surface area contributed by atoms with Gasteiger partial charge in [0.25, 0.3) is 11.8 Å². The standard InChI is InChI=1S/C23H26FN3O4/c1-5-13-31-21-16(9-8-12-19(21)30-4)14-25-27-23(29)20(15(2)3)26-22(28)17-10-6-7-11-18(17)24/h5-12,14-15,20H,1,13H2,2-4H3,(H,26,28)(H,27,29)/b25-14+. The third-order valence-electron chi connectivity index (χ3n) is 4.31. The average Bonchev–Trinajstić information content (AvgIpc) is 2.76. The molecule has 164 valence electrons. The number of para-hydroxylation sites is 1. The van der Waals surface area contributed by atoms with Gasteiger partial charge in [0.1, 0.15) is 18.5 Å². The summed E-state index contributed by atoms with van der Waals surface area (Å²) in [6, 6.07) is 9.90. The van der Waals surface area contributed by atoms with Crippen molar-refractivity contribution < 1.29 is 23.5 Å². The van der Waals surface area contributed by atoms with Gasteiger partial charge in [-0.25, -0.2) is 9.82 Å². The van der Waals surface area contributed by atoms with Crippen LogP contribution in [-0.2, 0) is 4.79 Å². The van der Waals surface area contributed by atoms with Gasteiger partial charge in [-0.05, 0) is 30.2 Å². The molecule has 0 aliphatic heterocycles. The van der Waals surface area contributed by atoms with Crippen LogP contribution in [-0.4, -0.2) is 37.8 Å². The molecule has 1 atom stereocenters. The number of benzene rings is 2. The van der Waals surface area contributed by atoms with Crippen LogP contribution in [0, 0.1) is 11.7 Å². The minimum Gasteiger partial charge on any atom is -0.493 e. The Balaban J connectivity index is 2.12. The number of nitrogens with one attached hydrogen (secondary N) is 2. The molecule has 0 aliphatic rings. The van der Waals surface area contributed by atoms with E-state index >= 15 is 0 Å². The van der Waals surface area contributed by atoms with Crippen LogP contribution < -0.4 is 20.2 Å². The monoisotopic (exact) mass is 427 g/mol. The molecule has 0 saturated carbocycles. The summed E-state index contributed by atoms with van der Waals surface area (Å²) < 4.78 is 24.8. The Morgan fingerprint density at radius 2 is 1.94 bits per heavy atom. The van der Waals surface area contributed by atoms with Crippen molar-refractivity contribution >= 4 is 18.0 Å². The van der Waals surface area contributed by atoms with E-state index < -0.39 is 23.7 Å². The second kappa shape index (κ2) is 11.5. The molecule has 7 nitrogen and oxygen atoms in total. The third-order valence-corrected chi connectivity index (χ3v) is 4.31. The second-order valence-corrected chi connectivity index (χ2v) is 6.89. The highest BCUT2D eigenvalue weighted by molar-refractivity contribution is 5.98. The van der Waals surface area contributed by atoms with E-state index in [2.05, 4.69) is 22.4 Å². The summed E-state index contributed by atoms with van der Waals surface area (Å²) >= 11 is 0. The lowest BCUT2D eigenvalue weighted by molar-refractivity contribution is -0.123. The molecule has 0 spiro atoms. The van der Waals surface area contributed by atoms with Gasteiger partial charge < -0.3 is 14.8 Å². The third kappa shape index (κ3) is 6.40. The summed E-state index contributed by atoms with van der Waals surface area (Å²) in [5.41, 5.74) is 2.86. The Hall–Kier alpha value is -3.68. The number of carbonyl (C=O) groups excluding carboxylic acids is 2. The van der Waals surface area contributed by atoms with Gasteiger partial charge in [0.2, 0.25) is 0 Å². The molecule has 0 heterocycles. The number of halogens is 1. The van der Waals surface area contributed by atoms with E-state index in [0.717, 1.165) is 0 Å². The molecule has 2 aromatic carbocycles. The molecule has 2 N–H and O–H groups in total. The lowest BCUT2D eigenvalue weighted by Gasteiger charge is -2.20. The van der Waals surface area contributed by atoms with Crippen LogP contribution >= 0.6 is 0 Å². The molecule has 0 radical (unpaired) electrons. The second-order valence-electron chi connectivity index (χ2n) is 6.89. The Kier molecular flexibility index (Phi) is 8.75. The molecule has 0 saturated heterocycles. The number of amides is 2. The number of hydrogen-bond acceptors (Lipinski definition) is 5. The number of carbonyl (C=O) groups is 2. The highest BCUT2D eigenvalue weighted by Gasteiger charge is 2.25. The lowest BCUT2D eigenvalue weighted by atomic mass is 10.0. The van der Waals surface area contributed by atoms with E-state index in [0.29, 0.717) is 17.1 Å². The first-order chi connectivity index (χ1) is 14.9. The van der Waals surface area contributed by atoms with Crippen LogP contribution in [0.15, 0.2) is 60.2 Å². The van der Waals surface area contributed by atoms with Crippen LogP contribution in [0.5, 0.6) is 11.5 Å². The Morgan fingerprint density at radius 1 is 1.19 bits per heavy atom. The molecule has 0 aromatic heterocycles. The van der Waals surface area contributed by atoms with Gasteiger partial charge in [0.05, 0.1) is 18.9 Å². The molecule has 2 rings (SSSR count). The van der Waals surface area contributed by atoms with Crippen molar-refractivity contribution in [1.82, 2.24) is 10.7 Å². The summed E-state index contributed by atoms with van der Waals surface area (Å²) in [7, 11) is 1.52. The fourth-order valence-corrected chi connectivity index (χ4v) is 2.73.